The molecule has 1 aliphatic rings. The van der Waals surface area contributed by atoms with Gasteiger partial charge in [0.25, 0.3) is 6.43 Å². The third-order valence-electron chi connectivity index (χ3n) is 3.78. The number of aromatic amines is 1. The summed E-state index contributed by atoms with van der Waals surface area (Å²) >= 11 is 6.30. The number of aromatic nitrogens is 3. The van der Waals surface area contributed by atoms with E-state index >= 15 is 0 Å². The summed E-state index contributed by atoms with van der Waals surface area (Å²) < 4.78 is 40.3. The van der Waals surface area contributed by atoms with E-state index in [2.05, 4.69) is 25.8 Å². The van der Waals surface area contributed by atoms with Gasteiger partial charge in [-0.25, -0.2) is 18.3 Å². The van der Waals surface area contributed by atoms with Crippen LogP contribution in [0.3, 0.4) is 0 Å². The summed E-state index contributed by atoms with van der Waals surface area (Å²) in [6.45, 7) is 1.25. The van der Waals surface area contributed by atoms with Crippen LogP contribution in [0.4, 0.5) is 30.8 Å². The minimum atomic E-state index is -3.16. The van der Waals surface area contributed by atoms with Crippen LogP contribution in [-0.2, 0) is 0 Å². The average Bonchev–Trinajstić information content (AvgIpc) is 2.99. The minimum Gasteiger partial charge on any atom is -0.368 e. The maximum atomic E-state index is 14.2. The molecule has 0 bridgehead atoms. The van der Waals surface area contributed by atoms with Crippen molar-refractivity contribution in [2.24, 2.45) is 0 Å². The number of benzene rings is 1. The first kappa shape index (κ1) is 20.3. The maximum Gasteiger partial charge on any atom is 0.273 e. The molecular weight excluding hydrogens is 392 g/mol. The summed E-state index contributed by atoms with van der Waals surface area (Å²) in [5.41, 5.74) is 6.62. The quantitative estimate of drug-likeness (QED) is 0.602. The van der Waals surface area contributed by atoms with Crippen LogP contribution in [0.5, 0.6) is 0 Å². The van der Waals surface area contributed by atoms with Gasteiger partial charge in [-0.05, 0) is 30.7 Å². The highest BCUT2D eigenvalue weighted by Crippen LogP contribution is 2.39. The number of hydrogen-bond acceptors (Lipinski definition) is 5. The molecule has 6 nitrogen and oxygen atoms in total. The fourth-order valence-electron chi connectivity index (χ4n) is 2.70. The van der Waals surface area contributed by atoms with Gasteiger partial charge >= 0.3 is 0 Å². The molecule has 0 saturated heterocycles. The average molecular weight is 409 g/mol. The van der Waals surface area contributed by atoms with Crippen LogP contribution in [0.25, 0.3) is 5.57 Å². The standard InChI is InChI=1S/C15H16ClF3N6.ClH/c16-10-6-8(22-15-23-14(20)24-25-15)5-9(12(17)13(18)19)11(10)7-1-3-21-4-2-7;/h1,5-6,12-13,21H,2-4H2,(H4,20,22,23,24,25);1H. The van der Waals surface area contributed by atoms with E-state index in [0.717, 1.165) is 5.57 Å². The molecule has 0 radical (unpaired) electrons. The topological polar surface area (TPSA) is 91.7 Å². The van der Waals surface area contributed by atoms with Gasteiger partial charge in [0, 0.05) is 23.4 Å². The van der Waals surface area contributed by atoms with Crippen LogP contribution in [0.1, 0.15) is 23.7 Å². The van der Waals surface area contributed by atoms with E-state index in [1.54, 1.807) is 0 Å². The molecule has 0 amide bonds. The number of H-pyrrole nitrogens is 1. The Hall–Kier alpha value is -1.97. The molecule has 1 atom stereocenters. The first-order valence-electron chi connectivity index (χ1n) is 7.56. The number of nitrogens with zero attached hydrogens (tertiary/aromatic N) is 2. The van der Waals surface area contributed by atoms with E-state index in [1.807, 2.05) is 6.08 Å². The van der Waals surface area contributed by atoms with E-state index in [0.29, 0.717) is 30.8 Å². The number of alkyl halides is 3. The summed E-state index contributed by atoms with van der Waals surface area (Å²) in [5.74, 6) is 0.210. The molecule has 142 valence electrons. The zero-order chi connectivity index (χ0) is 18.0. The smallest absolute Gasteiger partial charge is 0.273 e. The van der Waals surface area contributed by atoms with Crippen molar-refractivity contribution in [3.8, 4) is 0 Å². The molecule has 0 spiro atoms. The van der Waals surface area contributed by atoms with Gasteiger partial charge in [0.2, 0.25) is 11.9 Å². The van der Waals surface area contributed by atoms with Crippen molar-refractivity contribution >= 4 is 47.2 Å². The molecule has 0 fully saturated rings. The molecular formula is C15H17Cl2F3N6. The third-order valence-corrected chi connectivity index (χ3v) is 4.08. The summed E-state index contributed by atoms with van der Waals surface area (Å²) in [6, 6.07) is 2.82. The normalized spacial score (nSPS) is 15.3. The molecule has 2 aromatic rings. The number of nitrogens with two attached hydrogens (primary N) is 1. The number of anilines is 3. The molecule has 0 aliphatic carbocycles. The molecule has 0 saturated carbocycles. The Kier molecular flexibility index (Phi) is 6.74. The predicted molar refractivity (Wildman–Crippen MR) is 98.1 cm³/mol. The first-order valence-corrected chi connectivity index (χ1v) is 7.94. The largest absolute Gasteiger partial charge is 0.368 e. The Labute approximate surface area is 158 Å². The fraction of sp³-hybridized carbons (Fsp3) is 0.333. The van der Waals surface area contributed by atoms with E-state index < -0.39 is 12.6 Å². The number of hydrogen-bond donors (Lipinski definition) is 4. The number of nitrogen functional groups attached to an aromatic ring is 1. The molecule has 1 aromatic carbocycles. The van der Waals surface area contributed by atoms with Gasteiger partial charge in [-0.1, -0.05) is 17.7 Å². The van der Waals surface area contributed by atoms with E-state index in [4.69, 9.17) is 17.3 Å². The van der Waals surface area contributed by atoms with Crippen molar-refractivity contribution in [2.75, 3.05) is 24.1 Å². The van der Waals surface area contributed by atoms with Gasteiger partial charge in [0.05, 0.1) is 5.02 Å². The molecule has 1 aliphatic heterocycles. The van der Waals surface area contributed by atoms with Crippen LogP contribution < -0.4 is 16.4 Å². The lowest BCUT2D eigenvalue weighted by atomic mass is 9.92. The van der Waals surface area contributed by atoms with Crippen LogP contribution >= 0.6 is 24.0 Å². The highest BCUT2D eigenvalue weighted by Gasteiger charge is 2.28. The molecule has 3 rings (SSSR count). The zero-order valence-corrected chi connectivity index (χ0v) is 15.0. The lowest BCUT2D eigenvalue weighted by Crippen LogP contribution is -2.21. The predicted octanol–water partition coefficient (Wildman–Crippen LogP) is 3.86. The van der Waals surface area contributed by atoms with Crippen LogP contribution in [0.15, 0.2) is 18.2 Å². The second-order valence-electron chi connectivity index (χ2n) is 5.51. The number of halogens is 5. The Morgan fingerprint density at radius 2 is 2.04 bits per heavy atom. The summed E-state index contributed by atoms with van der Waals surface area (Å²) in [7, 11) is 0. The number of rotatable bonds is 5. The van der Waals surface area contributed by atoms with Crippen molar-refractivity contribution in [2.45, 2.75) is 19.0 Å². The van der Waals surface area contributed by atoms with Gasteiger partial charge in [0.15, 0.2) is 6.17 Å². The summed E-state index contributed by atoms with van der Waals surface area (Å²) in [4.78, 5) is 3.85. The molecule has 1 unspecified atom stereocenters. The minimum absolute atomic E-state index is 0. The summed E-state index contributed by atoms with van der Waals surface area (Å²) in [5, 5.41) is 12.3. The second kappa shape index (κ2) is 8.61. The molecule has 2 heterocycles. The van der Waals surface area contributed by atoms with Crippen LogP contribution in [-0.4, -0.2) is 34.7 Å². The van der Waals surface area contributed by atoms with Crippen molar-refractivity contribution in [1.82, 2.24) is 20.5 Å². The van der Waals surface area contributed by atoms with Gasteiger partial charge in [-0.3, -0.25) is 0 Å². The Morgan fingerprint density at radius 3 is 2.62 bits per heavy atom. The van der Waals surface area contributed by atoms with Crippen molar-refractivity contribution < 1.29 is 13.2 Å². The Balaban J connectivity index is 0.00000243. The molecule has 5 N–H and O–H groups in total. The molecule has 26 heavy (non-hydrogen) atoms. The lowest BCUT2D eigenvalue weighted by Gasteiger charge is -2.21. The molecule has 11 heteroatoms. The van der Waals surface area contributed by atoms with Crippen LogP contribution in [0, 0.1) is 0 Å². The van der Waals surface area contributed by atoms with E-state index in [-0.39, 0.29) is 34.9 Å². The lowest BCUT2D eigenvalue weighted by molar-refractivity contribution is 0.0494. The number of nitrogens with one attached hydrogen (secondary N) is 3. The fourth-order valence-corrected chi connectivity index (χ4v) is 3.05. The van der Waals surface area contributed by atoms with Gasteiger partial charge in [0.1, 0.15) is 0 Å². The van der Waals surface area contributed by atoms with Gasteiger partial charge in [-0.15, -0.1) is 17.5 Å². The van der Waals surface area contributed by atoms with Gasteiger partial charge < -0.3 is 16.4 Å². The third kappa shape index (κ3) is 4.40. The zero-order valence-electron chi connectivity index (χ0n) is 13.4. The SMILES string of the molecule is Cl.Nc1nc(Nc2cc(Cl)c(C3=CCNCC3)c(C(F)C(F)F)c2)n[nH]1. The monoisotopic (exact) mass is 408 g/mol. The van der Waals surface area contributed by atoms with Crippen LogP contribution in [0.2, 0.25) is 5.02 Å². The maximum absolute atomic E-state index is 14.2. The van der Waals surface area contributed by atoms with Gasteiger partial charge in [-0.2, -0.15) is 4.98 Å². The Bertz CT molecular complexity index is 796. The first-order chi connectivity index (χ1) is 12.0. The molecule has 1 aromatic heterocycles. The van der Waals surface area contributed by atoms with E-state index in [1.165, 1.54) is 12.1 Å². The highest BCUT2D eigenvalue weighted by molar-refractivity contribution is 6.32. The van der Waals surface area contributed by atoms with Crippen molar-refractivity contribution in [3.05, 3.63) is 34.4 Å². The summed E-state index contributed by atoms with van der Waals surface area (Å²) in [6.07, 6.45) is -3.21. The Morgan fingerprint density at radius 1 is 1.27 bits per heavy atom. The van der Waals surface area contributed by atoms with Crippen molar-refractivity contribution in [1.29, 1.82) is 0 Å². The second-order valence-corrected chi connectivity index (χ2v) is 5.92. The highest BCUT2D eigenvalue weighted by atomic mass is 35.5. The van der Waals surface area contributed by atoms with Crippen molar-refractivity contribution in [3.63, 3.8) is 0 Å². The van der Waals surface area contributed by atoms with E-state index in [9.17, 15) is 13.2 Å².